The molecule has 0 radical (unpaired) electrons. The summed E-state index contributed by atoms with van der Waals surface area (Å²) in [5, 5.41) is 3.13. The Morgan fingerprint density at radius 2 is 1.95 bits per heavy atom. The average molecular weight is 333 g/mol. The van der Waals surface area contributed by atoms with Gasteiger partial charge in [0.2, 0.25) is 5.91 Å². The molecule has 130 valence electrons. The maximum Gasteiger partial charge on any atom is 0.222 e. The van der Waals surface area contributed by atoms with Gasteiger partial charge in [-0.3, -0.25) is 4.79 Å². The van der Waals surface area contributed by atoms with Gasteiger partial charge in [-0.2, -0.15) is 0 Å². The summed E-state index contributed by atoms with van der Waals surface area (Å²) in [6.07, 6.45) is 9.00. The third kappa shape index (κ3) is 6.05. The van der Waals surface area contributed by atoms with E-state index in [2.05, 4.69) is 17.1 Å². The highest BCUT2D eigenvalue weighted by molar-refractivity contribution is 5.85. The van der Waals surface area contributed by atoms with Gasteiger partial charge in [0.05, 0.1) is 6.10 Å². The molecule has 0 aromatic heterocycles. The molecule has 1 heterocycles. The van der Waals surface area contributed by atoms with Crippen LogP contribution in [0.4, 0.5) is 0 Å². The fraction of sp³-hybridized carbons (Fsp3) is 0.941. The molecule has 0 spiro atoms. The SMILES string of the molecule is CNCCCC(=O)N(CC1CCCO1)C1CCC(C)CC1.Cl. The van der Waals surface area contributed by atoms with Crippen LogP contribution in [0.2, 0.25) is 0 Å². The summed E-state index contributed by atoms with van der Waals surface area (Å²) in [6, 6.07) is 0.451. The molecule has 1 atom stereocenters. The number of nitrogens with zero attached hydrogens (tertiary/aromatic N) is 1. The number of nitrogens with one attached hydrogen (secondary N) is 1. The minimum absolute atomic E-state index is 0. The molecule has 5 heteroatoms. The average Bonchev–Trinajstić information content (AvgIpc) is 2.99. The van der Waals surface area contributed by atoms with Crippen LogP contribution in [0.25, 0.3) is 0 Å². The van der Waals surface area contributed by atoms with E-state index in [0.717, 1.165) is 44.9 Å². The minimum atomic E-state index is 0. The van der Waals surface area contributed by atoms with Gasteiger partial charge in [0.15, 0.2) is 0 Å². The fourth-order valence-electron chi connectivity index (χ4n) is 3.58. The molecule has 0 bridgehead atoms. The number of hydrogen-bond donors (Lipinski definition) is 1. The van der Waals surface area contributed by atoms with Crippen molar-refractivity contribution in [1.29, 1.82) is 0 Å². The third-order valence-electron chi connectivity index (χ3n) is 4.99. The standard InChI is InChI=1S/C17H32N2O2.ClH/c1-14-7-9-15(10-8-14)19(13-16-5-4-12-21-16)17(20)6-3-11-18-2;/h14-16,18H,3-13H2,1-2H3;1H. The van der Waals surface area contributed by atoms with E-state index in [1.165, 1.54) is 25.7 Å². The summed E-state index contributed by atoms with van der Waals surface area (Å²) in [5.41, 5.74) is 0. The lowest BCUT2D eigenvalue weighted by atomic mass is 9.86. The number of rotatable bonds is 7. The molecule has 1 saturated carbocycles. The van der Waals surface area contributed by atoms with E-state index in [1.54, 1.807) is 0 Å². The van der Waals surface area contributed by atoms with Gasteiger partial charge in [-0.15, -0.1) is 12.4 Å². The van der Waals surface area contributed by atoms with Crippen molar-refractivity contribution in [2.75, 3.05) is 26.7 Å². The number of carbonyl (C=O) groups excluding carboxylic acids is 1. The molecule has 1 saturated heterocycles. The number of hydrogen-bond acceptors (Lipinski definition) is 3. The van der Waals surface area contributed by atoms with Crippen molar-refractivity contribution in [2.24, 2.45) is 5.92 Å². The largest absolute Gasteiger partial charge is 0.376 e. The highest BCUT2D eigenvalue weighted by atomic mass is 35.5. The van der Waals surface area contributed by atoms with Crippen LogP contribution in [0.5, 0.6) is 0 Å². The van der Waals surface area contributed by atoms with Crippen LogP contribution in [0.3, 0.4) is 0 Å². The smallest absolute Gasteiger partial charge is 0.222 e. The highest BCUT2D eigenvalue weighted by Crippen LogP contribution is 2.28. The summed E-state index contributed by atoms with van der Waals surface area (Å²) >= 11 is 0. The van der Waals surface area contributed by atoms with Crippen molar-refractivity contribution in [3.05, 3.63) is 0 Å². The highest BCUT2D eigenvalue weighted by Gasteiger charge is 2.30. The summed E-state index contributed by atoms with van der Waals surface area (Å²) in [5.74, 6) is 1.16. The molecule has 2 rings (SSSR count). The normalized spacial score (nSPS) is 28.2. The molecule has 2 fully saturated rings. The Bertz CT molecular complexity index is 314. The lowest BCUT2D eigenvalue weighted by molar-refractivity contribution is -0.136. The van der Waals surface area contributed by atoms with Crippen LogP contribution in [0.1, 0.15) is 58.3 Å². The first kappa shape index (κ1) is 19.7. The first-order valence-corrected chi connectivity index (χ1v) is 8.76. The van der Waals surface area contributed by atoms with Crippen LogP contribution in [0, 0.1) is 5.92 Å². The molecule has 0 aromatic carbocycles. The Morgan fingerprint density at radius 3 is 2.55 bits per heavy atom. The van der Waals surface area contributed by atoms with Crippen molar-refractivity contribution < 1.29 is 9.53 Å². The monoisotopic (exact) mass is 332 g/mol. The predicted octanol–water partition coefficient (Wildman–Crippen LogP) is 2.99. The maximum atomic E-state index is 12.6. The van der Waals surface area contributed by atoms with Gasteiger partial charge >= 0.3 is 0 Å². The molecular weight excluding hydrogens is 300 g/mol. The number of amides is 1. The molecular formula is C17H33ClN2O2. The van der Waals surface area contributed by atoms with Crippen LogP contribution < -0.4 is 5.32 Å². The lowest BCUT2D eigenvalue weighted by Gasteiger charge is -2.37. The Morgan fingerprint density at radius 1 is 1.23 bits per heavy atom. The van der Waals surface area contributed by atoms with E-state index in [-0.39, 0.29) is 18.5 Å². The number of ether oxygens (including phenoxy) is 1. The van der Waals surface area contributed by atoms with Crippen molar-refractivity contribution in [3.8, 4) is 0 Å². The van der Waals surface area contributed by atoms with Crippen molar-refractivity contribution >= 4 is 18.3 Å². The summed E-state index contributed by atoms with van der Waals surface area (Å²) < 4.78 is 5.76. The topological polar surface area (TPSA) is 41.6 Å². The second kappa shape index (κ2) is 10.5. The lowest BCUT2D eigenvalue weighted by Crippen LogP contribution is -2.46. The molecule has 1 unspecified atom stereocenters. The van der Waals surface area contributed by atoms with Crippen LogP contribution in [0.15, 0.2) is 0 Å². The zero-order valence-electron chi connectivity index (χ0n) is 14.2. The molecule has 1 amide bonds. The van der Waals surface area contributed by atoms with Gasteiger partial charge in [0.25, 0.3) is 0 Å². The Hall–Kier alpha value is -0.320. The van der Waals surface area contributed by atoms with Gasteiger partial charge in [0, 0.05) is 25.6 Å². The Balaban J connectivity index is 0.00000242. The van der Waals surface area contributed by atoms with Gasteiger partial charge in [-0.05, 0) is 64.5 Å². The third-order valence-corrected chi connectivity index (χ3v) is 4.99. The van der Waals surface area contributed by atoms with Crippen molar-refractivity contribution in [1.82, 2.24) is 10.2 Å². The predicted molar refractivity (Wildman–Crippen MR) is 92.5 cm³/mol. The van der Waals surface area contributed by atoms with E-state index in [9.17, 15) is 4.79 Å². The van der Waals surface area contributed by atoms with E-state index in [0.29, 0.717) is 18.4 Å². The molecule has 2 aliphatic rings. The molecule has 1 N–H and O–H groups in total. The van der Waals surface area contributed by atoms with E-state index >= 15 is 0 Å². The number of halogens is 1. The van der Waals surface area contributed by atoms with Crippen LogP contribution in [-0.2, 0) is 9.53 Å². The van der Waals surface area contributed by atoms with Crippen LogP contribution in [-0.4, -0.2) is 49.7 Å². The Kier molecular flexibility index (Phi) is 9.37. The van der Waals surface area contributed by atoms with E-state index in [4.69, 9.17) is 4.74 Å². The second-order valence-electron chi connectivity index (χ2n) is 6.80. The molecule has 1 aliphatic heterocycles. The van der Waals surface area contributed by atoms with Gasteiger partial charge in [0.1, 0.15) is 0 Å². The summed E-state index contributed by atoms with van der Waals surface area (Å²) in [6.45, 7) is 4.93. The van der Waals surface area contributed by atoms with Crippen molar-refractivity contribution in [2.45, 2.75) is 70.4 Å². The van der Waals surface area contributed by atoms with Crippen LogP contribution >= 0.6 is 12.4 Å². The van der Waals surface area contributed by atoms with Gasteiger partial charge in [-0.25, -0.2) is 0 Å². The van der Waals surface area contributed by atoms with Gasteiger partial charge < -0.3 is 15.0 Å². The zero-order valence-corrected chi connectivity index (χ0v) is 15.0. The number of carbonyl (C=O) groups is 1. The fourth-order valence-corrected chi connectivity index (χ4v) is 3.58. The van der Waals surface area contributed by atoms with E-state index < -0.39 is 0 Å². The quantitative estimate of drug-likeness (QED) is 0.729. The molecule has 4 nitrogen and oxygen atoms in total. The summed E-state index contributed by atoms with van der Waals surface area (Å²) in [4.78, 5) is 14.8. The first-order valence-electron chi connectivity index (χ1n) is 8.76. The maximum absolute atomic E-state index is 12.6. The minimum Gasteiger partial charge on any atom is -0.376 e. The zero-order chi connectivity index (χ0) is 15.1. The second-order valence-corrected chi connectivity index (χ2v) is 6.80. The Labute approximate surface area is 141 Å². The molecule has 1 aliphatic carbocycles. The first-order chi connectivity index (χ1) is 10.2. The van der Waals surface area contributed by atoms with Crippen molar-refractivity contribution in [3.63, 3.8) is 0 Å². The van der Waals surface area contributed by atoms with E-state index in [1.807, 2.05) is 7.05 Å². The van der Waals surface area contributed by atoms with Gasteiger partial charge in [-0.1, -0.05) is 6.92 Å². The molecule has 22 heavy (non-hydrogen) atoms. The molecule has 0 aromatic rings. The summed E-state index contributed by atoms with van der Waals surface area (Å²) in [7, 11) is 1.94.